The van der Waals surface area contributed by atoms with Crippen LogP contribution in [-0.2, 0) is 11.3 Å². The van der Waals surface area contributed by atoms with Gasteiger partial charge >= 0.3 is 0 Å². The number of rotatable bonds is 4. The summed E-state index contributed by atoms with van der Waals surface area (Å²) in [6.07, 6.45) is 4.50. The molecule has 134 valence electrons. The molecule has 0 radical (unpaired) electrons. The molecule has 2 aromatic heterocycles. The van der Waals surface area contributed by atoms with Crippen LogP contribution in [0.15, 0.2) is 22.7 Å². The molecular weight excluding hydrogens is 318 g/mol. The maximum absolute atomic E-state index is 5.98. The minimum absolute atomic E-state index is 0.128. The van der Waals surface area contributed by atoms with E-state index in [2.05, 4.69) is 44.0 Å². The Balaban J connectivity index is 1.40. The summed E-state index contributed by atoms with van der Waals surface area (Å²) in [5, 5.41) is 8.03. The van der Waals surface area contributed by atoms with Crippen molar-refractivity contribution in [3.05, 3.63) is 35.7 Å². The van der Waals surface area contributed by atoms with Crippen molar-refractivity contribution in [3.8, 4) is 0 Å². The Morgan fingerprint density at radius 2 is 2.00 bits per heavy atom. The molecule has 2 aliphatic rings. The number of aromatic nitrogens is 3. The summed E-state index contributed by atoms with van der Waals surface area (Å²) < 4.78 is 11.5. The van der Waals surface area contributed by atoms with E-state index in [1.54, 1.807) is 6.92 Å². The first-order valence-electron chi connectivity index (χ1n) is 9.05. The number of morpholine rings is 1. The van der Waals surface area contributed by atoms with Crippen molar-refractivity contribution in [2.75, 3.05) is 31.1 Å². The molecule has 0 aromatic carbocycles. The van der Waals surface area contributed by atoms with Gasteiger partial charge in [0, 0.05) is 45.8 Å². The number of pyridine rings is 1. The zero-order valence-electron chi connectivity index (χ0n) is 14.9. The predicted octanol–water partition coefficient (Wildman–Crippen LogP) is 2.34. The summed E-state index contributed by atoms with van der Waals surface area (Å²) in [5.41, 5.74) is 1.22. The molecule has 2 fully saturated rings. The SMILES string of the molecule is Cc1nnc([C@H]2CN(Cc3ccc(N4CCCC4)nc3)C[C@@H](C)O2)o1. The van der Waals surface area contributed by atoms with Gasteiger partial charge in [0.05, 0.1) is 6.10 Å². The number of anilines is 1. The maximum Gasteiger partial charge on any atom is 0.246 e. The van der Waals surface area contributed by atoms with Crippen molar-refractivity contribution in [1.29, 1.82) is 0 Å². The van der Waals surface area contributed by atoms with Crippen LogP contribution in [0.5, 0.6) is 0 Å². The van der Waals surface area contributed by atoms with Gasteiger partial charge in [-0.05, 0) is 31.4 Å². The van der Waals surface area contributed by atoms with E-state index in [-0.39, 0.29) is 12.2 Å². The molecule has 2 aromatic rings. The summed E-state index contributed by atoms with van der Waals surface area (Å²) >= 11 is 0. The third kappa shape index (κ3) is 3.82. The lowest BCUT2D eigenvalue weighted by atomic mass is 10.2. The standard InChI is InChI=1S/C18H25N5O2/c1-13-10-22(12-16(24-13)18-21-20-14(2)25-18)11-15-5-6-17(19-9-15)23-7-3-4-8-23/h5-6,9,13,16H,3-4,7-8,10-12H2,1-2H3/t13-,16-/m1/s1. The van der Waals surface area contributed by atoms with E-state index in [0.717, 1.165) is 38.5 Å². The summed E-state index contributed by atoms with van der Waals surface area (Å²) in [7, 11) is 0. The van der Waals surface area contributed by atoms with E-state index < -0.39 is 0 Å². The van der Waals surface area contributed by atoms with Gasteiger partial charge in [-0.2, -0.15) is 0 Å². The van der Waals surface area contributed by atoms with Crippen LogP contribution in [-0.4, -0.2) is 52.4 Å². The van der Waals surface area contributed by atoms with E-state index in [0.29, 0.717) is 11.8 Å². The summed E-state index contributed by atoms with van der Waals surface area (Å²) in [5.74, 6) is 2.23. The second-order valence-electron chi connectivity index (χ2n) is 7.01. The highest BCUT2D eigenvalue weighted by Crippen LogP contribution is 2.25. The van der Waals surface area contributed by atoms with Crippen LogP contribution in [0, 0.1) is 6.92 Å². The fraction of sp³-hybridized carbons (Fsp3) is 0.611. The molecule has 0 bridgehead atoms. The van der Waals surface area contributed by atoms with Crippen LogP contribution < -0.4 is 4.90 Å². The van der Waals surface area contributed by atoms with Crippen LogP contribution in [0.25, 0.3) is 0 Å². The monoisotopic (exact) mass is 343 g/mol. The minimum atomic E-state index is -0.165. The number of ether oxygens (including phenoxy) is 1. The first kappa shape index (κ1) is 16.5. The zero-order valence-corrected chi connectivity index (χ0v) is 14.9. The Kier molecular flexibility index (Phi) is 4.67. The Labute approximate surface area is 148 Å². The second kappa shape index (κ2) is 7.09. The fourth-order valence-corrected chi connectivity index (χ4v) is 3.65. The molecule has 0 spiro atoms. The van der Waals surface area contributed by atoms with Crippen molar-refractivity contribution in [2.24, 2.45) is 0 Å². The van der Waals surface area contributed by atoms with Crippen LogP contribution in [0.3, 0.4) is 0 Å². The molecule has 0 saturated carbocycles. The molecule has 7 heteroatoms. The molecule has 2 aliphatic heterocycles. The van der Waals surface area contributed by atoms with Crippen molar-refractivity contribution in [2.45, 2.75) is 45.4 Å². The van der Waals surface area contributed by atoms with Gasteiger partial charge in [0.25, 0.3) is 0 Å². The lowest BCUT2D eigenvalue weighted by Crippen LogP contribution is -2.42. The Morgan fingerprint density at radius 3 is 2.68 bits per heavy atom. The lowest BCUT2D eigenvalue weighted by Gasteiger charge is -2.35. The van der Waals surface area contributed by atoms with Crippen molar-refractivity contribution >= 4 is 5.82 Å². The fourth-order valence-electron chi connectivity index (χ4n) is 3.65. The molecule has 0 N–H and O–H groups in total. The predicted molar refractivity (Wildman–Crippen MR) is 93.3 cm³/mol. The normalized spacial score (nSPS) is 24.8. The van der Waals surface area contributed by atoms with Crippen LogP contribution in [0.1, 0.15) is 43.2 Å². The number of nitrogens with zero attached hydrogens (tertiary/aromatic N) is 5. The van der Waals surface area contributed by atoms with Crippen molar-refractivity contribution in [3.63, 3.8) is 0 Å². The maximum atomic E-state index is 5.98. The summed E-state index contributed by atoms with van der Waals surface area (Å²) in [6.45, 7) is 8.62. The highest BCUT2D eigenvalue weighted by Gasteiger charge is 2.30. The molecular formula is C18H25N5O2. The van der Waals surface area contributed by atoms with Crippen LogP contribution >= 0.6 is 0 Å². The van der Waals surface area contributed by atoms with Gasteiger partial charge < -0.3 is 14.1 Å². The first-order valence-corrected chi connectivity index (χ1v) is 9.05. The van der Waals surface area contributed by atoms with E-state index in [1.165, 1.54) is 18.4 Å². The van der Waals surface area contributed by atoms with Crippen molar-refractivity contribution in [1.82, 2.24) is 20.1 Å². The van der Waals surface area contributed by atoms with Gasteiger partial charge in [-0.3, -0.25) is 4.90 Å². The van der Waals surface area contributed by atoms with Gasteiger partial charge in [0.2, 0.25) is 11.8 Å². The van der Waals surface area contributed by atoms with E-state index in [1.807, 2.05) is 6.20 Å². The third-order valence-electron chi connectivity index (χ3n) is 4.80. The molecule has 4 rings (SSSR count). The lowest BCUT2D eigenvalue weighted by molar-refractivity contribution is -0.0918. The highest BCUT2D eigenvalue weighted by molar-refractivity contribution is 5.40. The molecule has 2 saturated heterocycles. The first-order chi connectivity index (χ1) is 12.2. The smallest absolute Gasteiger partial charge is 0.246 e. The third-order valence-corrected chi connectivity index (χ3v) is 4.80. The van der Waals surface area contributed by atoms with Gasteiger partial charge in [-0.25, -0.2) is 4.98 Å². The zero-order chi connectivity index (χ0) is 17.2. The molecule has 7 nitrogen and oxygen atoms in total. The number of hydrogen-bond acceptors (Lipinski definition) is 7. The second-order valence-corrected chi connectivity index (χ2v) is 7.01. The van der Waals surface area contributed by atoms with Crippen molar-refractivity contribution < 1.29 is 9.15 Å². The topological polar surface area (TPSA) is 67.5 Å². The molecule has 2 atom stereocenters. The van der Waals surface area contributed by atoms with E-state index in [4.69, 9.17) is 9.15 Å². The Hall–Kier alpha value is -1.99. The van der Waals surface area contributed by atoms with Crippen LogP contribution in [0.2, 0.25) is 0 Å². The summed E-state index contributed by atoms with van der Waals surface area (Å²) in [4.78, 5) is 9.37. The minimum Gasteiger partial charge on any atom is -0.423 e. The van der Waals surface area contributed by atoms with Gasteiger partial charge in [-0.15, -0.1) is 10.2 Å². The van der Waals surface area contributed by atoms with E-state index in [9.17, 15) is 0 Å². The largest absolute Gasteiger partial charge is 0.423 e. The number of aryl methyl sites for hydroxylation is 1. The quantitative estimate of drug-likeness (QED) is 0.844. The highest BCUT2D eigenvalue weighted by atomic mass is 16.5. The Morgan fingerprint density at radius 1 is 1.16 bits per heavy atom. The molecule has 4 heterocycles. The van der Waals surface area contributed by atoms with E-state index >= 15 is 0 Å². The molecule has 0 aliphatic carbocycles. The molecule has 0 unspecified atom stereocenters. The van der Waals surface area contributed by atoms with Crippen LogP contribution in [0.4, 0.5) is 5.82 Å². The van der Waals surface area contributed by atoms with Gasteiger partial charge in [0.15, 0.2) is 0 Å². The average molecular weight is 343 g/mol. The number of hydrogen-bond donors (Lipinski definition) is 0. The Bertz CT molecular complexity index is 696. The van der Waals surface area contributed by atoms with Gasteiger partial charge in [0.1, 0.15) is 11.9 Å². The van der Waals surface area contributed by atoms with Gasteiger partial charge in [-0.1, -0.05) is 6.07 Å². The molecule has 0 amide bonds. The molecule has 25 heavy (non-hydrogen) atoms. The average Bonchev–Trinajstić information content (AvgIpc) is 3.27. The summed E-state index contributed by atoms with van der Waals surface area (Å²) in [6, 6.07) is 4.33.